The van der Waals surface area contributed by atoms with E-state index in [2.05, 4.69) is 22.0 Å². The summed E-state index contributed by atoms with van der Waals surface area (Å²) >= 11 is 0. The lowest BCUT2D eigenvalue weighted by atomic mass is 10.1. The van der Waals surface area contributed by atoms with Crippen LogP contribution in [0.2, 0.25) is 0 Å². The number of pyridine rings is 1. The number of hydrogen-bond acceptors (Lipinski definition) is 4. The Morgan fingerprint density at radius 1 is 1.41 bits per heavy atom. The van der Waals surface area contributed by atoms with Crippen molar-refractivity contribution in [2.75, 3.05) is 18.1 Å². The number of aromatic nitrogens is 1. The van der Waals surface area contributed by atoms with Crippen LogP contribution >= 0.6 is 0 Å². The fourth-order valence-electron chi connectivity index (χ4n) is 2.92. The second-order valence-corrected chi connectivity index (χ2v) is 4.83. The van der Waals surface area contributed by atoms with Gasteiger partial charge in [0, 0.05) is 19.3 Å². The van der Waals surface area contributed by atoms with Gasteiger partial charge in [-0.1, -0.05) is 6.07 Å². The van der Waals surface area contributed by atoms with E-state index < -0.39 is 0 Å². The number of ether oxygens (including phenoxy) is 1. The Hall–Kier alpha value is -1.13. The van der Waals surface area contributed by atoms with Gasteiger partial charge in [-0.25, -0.2) is 4.98 Å². The average molecular weight is 233 g/mol. The molecule has 3 rings (SSSR count). The average Bonchev–Trinajstić information content (AvgIpc) is 2.87. The molecule has 0 bridgehead atoms. The van der Waals surface area contributed by atoms with Gasteiger partial charge in [0.1, 0.15) is 5.82 Å². The number of hydrogen-bond donors (Lipinski definition) is 1. The van der Waals surface area contributed by atoms with Crippen LogP contribution in [0, 0.1) is 0 Å². The molecule has 2 N–H and O–H groups in total. The Balaban J connectivity index is 1.81. The van der Waals surface area contributed by atoms with E-state index in [1.807, 2.05) is 6.20 Å². The van der Waals surface area contributed by atoms with Crippen molar-refractivity contribution in [2.24, 2.45) is 5.73 Å². The molecule has 0 amide bonds. The van der Waals surface area contributed by atoms with Crippen molar-refractivity contribution in [3.05, 3.63) is 23.9 Å². The van der Waals surface area contributed by atoms with Crippen LogP contribution in [0.3, 0.4) is 0 Å². The summed E-state index contributed by atoms with van der Waals surface area (Å²) in [6.45, 7) is 2.33. The predicted molar refractivity (Wildman–Crippen MR) is 66.9 cm³/mol. The third-order valence-corrected chi connectivity index (χ3v) is 3.82. The highest BCUT2D eigenvalue weighted by molar-refractivity contribution is 5.42. The second-order valence-electron chi connectivity index (χ2n) is 4.83. The van der Waals surface area contributed by atoms with Gasteiger partial charge in [0.15, 0.2) is 0 Å². The largest absolute Gasteiger partial charge is 0.374 e. The lowest BCUT2D eigenvalue weighted by Gasteiger charge is -2.38. The van der Waals surface area contributed by atoms with Crippen LogP contribution in [0.5, 0.6) is 0 Å². The molecule has 1 saturated heterocycles. The molecular formula is C13H19N3O. The van der Waals surface area contributed by atoms with Crippen LogP contribution in [-0.2, 0) is 11.3 Å². The summed E-state index contributed by atoms with van der Waals surface area (Å²) in [6, 6.07) is 4.69. The molecule has 4 heteroatoms. The minimum absolute atomic E-state index is 0.416. The molecule has 2 fully saturated rings. The SMILES string of the molecule is NCc1ccc(N2CCOC3CCCC32)nc1. The summed E-state index contributed by atoms with van der Waals surface area (Å²) in [4.78, 5) is 6.93. The molecule has 0 spiro atoms. The first-order chi connectivity index (χ1) is 8.38. The predicted octanol–water partition coefficient (Wildman–Crippen LogP) is 1.30. The minimum Gasteiger partial charge on any atom is -0.374 e. The third kappa shape index (κ3) is 2.03. The number of nitrogens with zero attached hydrogens (tertiary/aromatic N) is 2. The molecule has 0 aromatic carbocycles. The maximum absolute atomic E-state index is 5.81. The molecule has 2 unspecified atom stereocenters. The van der Waals surface area contributed by atoms with E-state index in [4.69, 9.17) is 10.5 Å². The molecule has 2 atom stereocenters. The molecule has 1 saturated carbocycles. The monoisotopic (exact) mass is 233 g/mol. The van der Waals surface area contributed by atoms with E-state index in [0.29, 0.717) is 18.7 Å². The van der Waals surface area contributed by atoms with Gasteiger partial charge in [-0.15, -0.1) is 0 Å². The molecule has 17 heavy (non-hydrogen) atoms. The molecule has 92 valence electrons. The Kier molecular flexibility index (Phi) is 2.99. The van der Waals surface area contributed by atoms with Crippen molar-refractivity contribution < 1.29 is 4.74 Å². The lowest BCUT2D eigenvalue weighted by Crippen LogP contribution is -2.49. The highest BCUT2D eigenvalue weighted by atomic mass is 16.5. The van der Waals surface area contributed by atoms with Crippen molar-refractivity contribution in [1.29, 1.82) is 0 Å². The fourth-order valence-corrected chi connectivity index (χ4v) is 2.92. The first-order valence-corrected chi connectivity index (χ1v) is 6.42. The smallest absolute Gasteiger partial charge is 0.128 e. The summed E-state index contributed by atoms with van der Waals surface area (Å²) < 4.78 is 5.81. The van der Waals surface area contributed by atoms with E-state index >= 15 is 0 Å². The summed E-state index contributed by atoms with van der Waals surface area (Å²) in [5, 5.41) is 0. The van der Waals surface area contributed by atoms with Gasteiger partial charge in [0.05, 0.1) is 18.8 Å². The molecule has 1 aliphatic carbocycles. The topological polar surface area (TPSA) is 51.4 Å². The van der Waals surface area contributed by atoms with Crippen molar-refractivity contribution in [1.82, 2.24) is 4.98 Å². The van der Waals surface area contributed by atoms with Crippen LogP contribution in [0.15, 0.2) is 18.3 Å². The van der Waals surface area contributed by atoms with Gasteiger partial charge in [0.2, 0.25) is 0 Å². The molecule has 2 aliphatic rings. The molecule has 1 aromatic rings. The quantitative estimate of drug-likeness (QED) is 0.836. The van der Waals surface area contributed by atoms with Crippen LogP contribution in [0.25, 0.3) is 0 Å². The van der Waals surface area contributed by atoms with E-state index in [0.717, 1.165) is 24.5 Å². The molecule has 2 heterocycles. The van der Waals surface area contributed by atoms with Crippen LogP contribution < -0.4 is 10.6 Å². The maximum atomic E-state index is 5.81. The van der Waals surface area contributed by atoms with Gasteiger partial charge in [0.25, 0.3) is 0 Å². The second kappa shape index (κ2) is 4.63. The number of fused-ring (bicyclic) bond motifs is 1. The molecular weight excluding hydrogens is 214 g/mol. The summed E-state index contributed by atoms with van der Waals surface area (Å²) in [5.41, 5.74) is 6.68. The third-order valence-electron chi connectivity index (χ3n) is 3.82. The number of morpholine rings is 1. The lowest BCUT2D eigenvalue weighted by molar-refractivity contribution is 0.0253. The van der Waals surface area contributed by atoms with E-state index in [9.17, 15) is 0 Å². The zero-order valence-corrected chi connectivity index (χ0v) is 10.0. The van der Waals surface area contributed by atoms with Crippen molar-refractivity contribution in [2.45, 2.75) is 38.0 Å². The molecule has 1 aromatic heterocycles. The standard InChI is InChI=1S/C13H19N3O/c14-8-10-4-5-13(15-9-10)16-6-7-17-12-3-1-2-11(12)16/h4-5,9,11-12H,1-3,6-8,14H2. The number of nitrogens with two attached hydrogens (primary N) is 1. The fraction of sp³-hybridized carbons (Fsp3) is 0.615. The molecule has 1 aliphatic heterocycles. The summed E-state index contributed by atoms with van der Waals surface area (Å²) in [7, 11) is 0. The normalized spacial score (nSPS) is 28.2. The van der Waals surface area contributed by atoms with Crippen molar-refractivity contribution in [3.63, 3.8) is 0 Å². The highest BCUT2D eigenvalue weighted by Gasteiger charge is 2.36. The molecule has 0 radical (unpaired) electrons. The van der Waals surface area contributed by atoms with Crippen molar-refractivity contribution >= 4 is 5.82 Å². The summed E-state index contributed by atoms with van der Waals surface area (Å²) in [5.74, 6) is 1.07. The Labute approximate surface area is 102 Å². The van der Waals surface area contributed by atoms with Gasteiger partial charge < -0.3 is 15.4 Å². The summed E-state index contributed by atoms with van der Waals surface area (Å²) in [6.07, 6.45) is 5.99. The first-order valence-electron chi connectivity index (χ1n) is 6.42. The van der Waals surface area contributed by atoms with Gasteiger partial charge in [-0.05, 0) is 30.9 Å². The van der Waals surface area contributed by atoms with Crippen LogP contribution in [-0.4, -0.2) is 30.3 Å². The zero-order chi connectivity index (χ0) is 11.7. The van der Waals surface area contributed by atoms with E-state index in [1.54, 1.807) is 0 Å². The van der Waals surface area contributed by atoms with Crippen molar-refractivity contribution in [3.8, 4) is 0 Å². The van der Waals surface area contributed by atoms with Gasteiger partial charge in [-0.3, -0.25) is 0 Å². The highest BCUT2D eigenvalue weighted by Crippen LogP contribution is 2.32. The Morgan fingerprint density at radius 3 is 3.12 bits per heavy atom. The van der Waals surface area contributed by atoms with Crippen LogP contribution in [0.1, 0.15) is 24.8 Å². The number of anilines is 1. The van der Waals surface area contributed by atoms with Gasteiger partial charge >= 0.3 is 0 Å². The first kappa shape index (κ1) is 11.0. The Morgan fingerprint density at radius 2 is 2.35 bits per heavy atom. The van der Waals surface area contributed by atoms with Gasteiger partial charge in [-0.2, -0.15) is 0 Å². The minimum atomic E-state index is 0.416. The zero-order valence-electron chi connectivity index (χ0n) is 10.0. The van der Waals surface area contributed by atoms with E-state index in [-0.39, 0.29) is 0 Å². The Bertz CT molecular complexity index is 379. The number of rotatable bonds is 2. The van der Waals surface area contributed by atoms with E-state index in [1.165, 1.54) is 19.3 Å². The maximum Gasteiger partial charge on any atom is 0.128 e. The van der Waals surface area contributed by atoms with Crippen LogP contribution in [0.4, 0.5) is 5.82 Å². The molecule has 4 nitrogen and oxygen atoms in total.